The van der Waals surface area contributed by atoms with Gasteiger partial charge in [0.05, 0.1) is 17.4 Å². The van der Waals surface area contributed by atoms with E-state index < -0.39 is 0 Å². The Morgan fingerprint density at radius 1 is 0.933 bits per heavy atom. The molecule has 0 unspecified atom stereocenters. The van der Waals surface area contributed by atoms with Crippen LogP contribution in [0.15, 0.2) is 79.3 Å². The average Bonchev–Trinajstić information content (AvgIpc) is 3.24. The fourth-order valence-electron chi connectivity index (χ4n) is 4.50. The molecule has 2 heterocycles. The number of hydrogen-bond donors (Lipinski definition) is 1. The minimum absolute atomic E-state index is 0.192. The molecular formula is C26H25N3O. The fourth-order valence-corrected chi connectivity index (χ4v) is 4.50. The highest BCUT2D eigenvalue weighted by Crippen LogP contribution is 2.34. The SMILES string of the molecule is O=C(Nc1cccnc1)n1ccc2cc(-c3ccc(C4CCCCC4)cc3)ccc21. The summed E-state index contributed by atoms with van der Waals surface area (Å²) in [7, 11) is 0. The average molecular weight is 396 g/mol. The first-order valence-electron chi connectivity index (χ1n) is 10.7. The molecule has 0 bridgehead atoms. The summed E-state index contributed by atoms with van der Waals surface area (Å²) in [5, 5.41) is 3.93. The van der Waals surface area contributed by atoms with E-state index >= 15 is 0 Å². The van der Waals surface area contributed by atoms with Crippen LogP contribution in [0.3, 0.4) is 0 Å². The van der Waals surface area contributed by atoms with E-state index in [0.717, 1.165) is 16.8 Å². The van der Waals surface area contributed by atoms with Gasteiger partial charge in [0.1, 0.15) is 0 Å². The lowest BCUT2D eigenvalue weighted by Crippen LogP contribution is -2.18. The van der Waals surface area contributed by atoms with E-state index in [4.69, 9.17) is 0 Å². The third-order valence-electron chi connectivity index (χ3n) is 6.14. The van der Waals surface area contributed by atoms with Gasteiger partial charge in [-0.15, -0.1) is 0 Å². The smallest absolute Gasteiger partial charge is 0.306 e. The number of benzene rings is 2. The van der Waals surface area contributed by atoms with Crippen LogP contribution in [0.25, 0.3) is 22.0 Å². The lowest BCUT2D eigenvalue weighted by atomic mass is 9.84. The second-order valence-corrected chi connectivity index (χ2v) is 8.09. The predicted molar refractivity (Wildman–Crippen MR) is 122 cm³/mol. The number of hydrogen-bond acceptors (Lipinski definition) is 2. The molecule has 30 heavy (non-hydrogen) atoms. The third-order valence-corrected chi connectivity index (χ3v) is 6.14. The summed E-state index contributed by atoms with van der Waals surface area (Å²) in [6, 6.07) is 20.7. The van der Waals surface area contributed by atoms with E-state index in [1.165, 1.54) is 48.8 Å². The molecule has 0 spiro atoms. The van der Waals surface area contributed by atoms with Crippen molar-refractivity contribution in [3.8, 4) is 11.1 Å². The topological polar surface area (TPSA) is 46.9 Å². The molecule has 1 amide bonds. The zero-order valence-corrected chi connectivity index (χ0v) is 16.9. The van der Waals surface area contributed by atoms with Crippen LogP contribution in [0.5, 0.6) is 0 Å². The first kappa shape index (κ1) is 18.6. The summed E-state index contributed by atoms with van der Waals surface area (Å²) in [4.78, 5) is 16.7. The Balaban J connectivity index is 1.37. The van der Waals surface area contributed by atoms with E-state index in [-0.39, 0.29) is 6.03 Å². The van der Waals surface area contributed by atoms with E-state index in [0.29, 0.717) is 5.69 Å². The maximum atomic E-state index is 12.7. The lowest BCUT2D eigenvalue weighted by Gasteiger charge is -2.22. The molecule has 0 radical (unpaired) electrons. The van der Waals surface area contributed by atoms with Gasteiger partial charge in [0.15, 0.2) is 0 Å². The molecule has 1 aliphatic rings. The molecule has 0 aliphatic heterocycles. The Kier molecular flexibility index (Phi) is 5.06. The first-order chi connectivity index (χ1) is 14.8. The van der Waals surface area contributed by atoms with Gasteiger partial charge in [0.25, 0.3) is 0 Å². The molecule has 1 saturated carbocycles. The van der Waals surface area contributed by atoms with Crippen molar-refractivity contribution in [1.29, 1.82) is 0 Å². The maximum absolute atomic E-state index is 12.7. The largest absolute Gasteiger partial charge is 0.330 e. The van der Waals surface area contributed by atoms with Crippen LogP contribution in [-0.4, -0.2) is 15.6 Å². The first-order valence-corrected chi connectivity index (χ1v) is 10.7. The lowest BCUT2D eigenvalue weighted by molar-refractivity contribution is 0.254. The van der Waals surface area contributed by atoms with Gasteiger partial charge < -0.3 is 5.32 Å². The minimum Gasteiger partial charge on any atom is -0.306 e. The molecule has 1 fully saturated rings. The number of pyridine rings is 1. The second kappa shape index (κ2) is 8.15. The number of carbonyl (C=O) groups excluding carboxylic acids is 1. The van der Waals surface area contributed by atoms with Crippen LogP contribution in [0, 0.1) is 0 Å². The van der Waals surface area contributed by atoms with Crippen molar-refractivity contribution in [2.24, 2.45) is 0 Å². The van der Waals surface area contributed by atoms with Crippen molar-refractivity contribution in [3.05, 3.63) is 84.8 Å². The molecule has 0 atom stereocenters. The van der Waals surface area contributed by atoms with E-state index in [2.05, 4.69) is 46.7 Å². The van der Waals surface area contributed by atoms with Crippen LogP contribution in [0.2, 0.25) is 0 Å². The van der Waals surface area contributed by atoms with Crippen molar-refractivity contribution < 1.29 is 4.79 Å². The summed E-state index contributed by atoms with van der Waals surface area (Å²) in [5.74, 6) is 0.725. The Morgan fingerprint density at radius 2 is 1.73 bits per heavy atom. The molecule has 4 heteroatoms. The van der Waals surface area contributed by atoms with Gasteiger partial charge in [-0.05, 0) is 65.8 Å². The predicted octanol–water partition coefficient (Wildman–Crippen LogP) is 6.83. The van der Waals surface area contributed by atoms with Gasteiger partial charge in [-0.2, -0.15) is 0 Å². The summed E-state index contributed by atoms with van der Waals surface area (Å²) in [6.45, 7) is 0. The minimum atomic E-state index is -0.192. The van der Waals surface area contributed by atoms with Gasteiger partial charge in [-0.1, -0.05) is 49.6 Å². The van der Waals surface area contributed by atoms with Crippen molar-refractivity contribution in [1.82, 2.24) is 9.55 Å². The monoisotopic (exact) mass is 395 g/mol. The highest BCUT2D eigenvalue weighted by atomic mass is 16.2. The fraction of sp³-hybridized carbons (Fsp3) is 0.231. The van der Waals surface area contributed by atoms with Crippen LogP contribution in [-0.2, 0) is 0 Å². The van der Waals surface area contributed by atoms with E-state index in [1.807, 2.05) is 24.4 Å². The van der Waals surface area contributed by atoms with Gasteiger partial charge in [0, 0.05) is 17.8 Å². The Bertz CT molecular complexity index is 1160. The standard InChI is InChI=1S/C26H25N3O/c30-26(28-24-7-4-15-27-18-24)29-16-14-23-17-22(12-13-25(23)29)21-10-8-20(9-11-21)19-5-2-1-3-6-19/h4,7-19H,1-3,5-6H2,(H,28,30). The highest BCUT2D eigenvalue weighted by Gasteiger charge is 2.15. The van der Waals surface area contributed by atoms with Gasteiger partial charge >= 0.3 is 6.03 Å². The molecular weight excluding hydrogens is 370 g/mol. The van der Waals surface area contributed by atoms with Crippen LogP contribution in [0.1, 0.15) is 43.6 Å². The number of nitrogens with zero attached hydrogens (tertiary/aromatic N) is 2. The van der Waals surface area contributed by atoms with Crippen LogP contribution >= 0.6 is 0 Å². The van der Waals surface area contributed by atoms with Crippen molar-refractivity contribution in [3.63, 3.8) is 0 Å². The molecule has 2 aromatic carbocycles. The Morgan fingerprint density at radius 3 is 2.50 bits per heavy atom. The number of fused-ring (bicyclic) bond motifs is 1. The molecule has 1 aliphatic carbocycles. The van der Waals surface area contributed by atoms with Gasteiger partial charge in [-0.25, -0.2) is 4.79 Å². The highest BCUT2D eigenvalue weighted by molar-refractivity contribution is 5.99. The second-order valence-electron chi connectivity index (χ2n) is 8.09. The van der Waals surface area contributed by atoms with Crippen LogP contribution < -0.4 is 5.32 Å². The van der Waals surface area contributed by atoms with Crippen molar-refractivity contribution in [2.75, 3.05) is 5.32 Å². The van der Waals surface area contributed by atoms with E-state index in [9.17, 15) is 4.79 Å². The normalized spacial score (nSPS) is 14.7. The molecule has 1 N–H and O–H groups in total. The summed E-state index contributed by atoms with van der Waals surface area (Å²) < 4.78 is 1.64. The number of nitrogens with one attached hydrogen (secondary N) is 1. The third kappa shape index (κ3) is 3.73. The Hall–Kier alpha value is -3.40. The summed E-state index contributed by atoms with van der Waals surface area (Å²) >= 11 is 0. The Labute approximate surface area is 176 Å². The summed E-state index contributed by atoms with van der Waals surface area (Å²) in [6.07, 6.45) is 11.9. The summed E-state index contributed by atoms with van der Waals surface area (Å²) in [5.41, 5.74) is 5.42. The van der Waals surface area contributed by atoms with Gasteiger partial charge in [0.2, 0.25) is 0 Å². The number of carbonyl (C=O) groups is 1. The number of rotatable bonds is 3. The molecule has 2 aromatic heterocycles. The zero-order chi connectivity index (χ0) is 20.3. The van der Waals surface area contributed by atoms with E-state index in [1.54, 1.807) is 23.0 Å². The molecule has 4 aromatic rings. The maximum Gasteiger partial charge on any atom is 0.330 e. The molecule has 150 valence electrons. The number of aromatic nitrogens is 2. The van der Waals surface area contributed by atoms with Crippen molar-refractivity contribution in [2.45, 2.75) is 38.0 Å². The number of amides is 1. The molecule has 0 saturated heterocycles. The van der Waals surface area contributed by atoms with Crippen LogP contribution in [0.4, 0.5) is 10.5 Å². The quantitative estimate of drug-likeness (QED) is 0.413. The van der Waals surface area contributed by atoms with Crippen molar-refractivity contribution >= 4 is 22.6 Å². The zero-order valence-electron chi connectivity index (χ0n) is 16.9. The molecule has 5 rings (SSSR count). The number of anilines is 1. The molecule has 4 nitrogen and oxygen atoms in total. The van der Waals surface area contributed by atoms with Gasteiger partial charge in [-0.3, -0.25) is 9.55 Å².